The van der Waals surface area contributed by atoms with Crippen molar-refractivity contribution in [3.05, 3.63) is 25.3 Å². The van der Waals surface area contributed by atoms with Gasteiger partial charge in [-0.25, -0.2) is 4.79 Å². The van der Waals surface area contributed by atoms with E-state index in [0.717, 1.165) is 0 Å². The fraction of sp³-hybridized carbons (Fsp3) is 0.286. The standard InChI is InChI=1S/C4H6.C3H7NO2/c1-3-4-2;1-2-6-3(4)5/h3-4H,1-2H2;2H2,1H3,(H2,4,5). The number of allylic oxidation sites excluding steroid dienone is 2. The van der Waals surface area contributed by atoms with E-state index in [1.165, 1.54) is 0 Å². The molecule has 0 unspecified atom stereocenters. The van der Waals surface area contributed by atoms with E-state index in [1.54, 1.807) is 19.1 Å². The van der Waals surface area contributed by atoms with E-state index in [9.17, 15) is 4.79 Å². The quantitative estimate of drug-likeness (QED) is 0.595. The first-order valence-electron chi connectivity index (χ1n) is 2.84. The molecule has 0 saturated carbocycles. The average molecular weight is 143 g/mol. The van der Waals surface area contributed by atoms with Crippen molar-refractivity contribution in [2.24, 2.45) is 5.73 Å². The molecular weight excluding hydrogens is 130 g/mol. The van der Waals surface area contributed by atoms with E-state index in [2.05, 4.69) is 23.6 Å². The van der Waals surface area contributed by atoms with Crippen molar-refractivity contribution in [1.29, 1.82) is 0 Å². The summed E-state index contributed by atoms with van der Waals surface area (Å²) in [6, 6.07) is 0. The lowest BCUT2D eigenvalue weighted by molar-refractivity contribution is 0.163. The Kier molecular flexibility index (Phi) is 12.3. The maximum atomic E-state index is 9.60. The first-order valence-corrected chi connectivity index (χ1v) is 2.84. The molecule has 58 valence electrons. The lowest BCUT2D eigenvalue weighted by atomic mass is 10.6. The van der Waals surface area contributed by atoms with E-state index in [-0.39, 0.29) is 0 Å². The second-order valence-electron chi connectivity index (χ2n) is 1.22. The van der Waals surface area contributed by atoms with Crippen molar-refractivity contribution in [3.8, 4) is 0 Å². The van der Waals surface area contributed by atoms with Crippen LogP contribution >= 0.6 is 0 Å². The van der Waals surface area contributed by atoms with Crippen LogP contribution in [0.2, 0.25) is 0 Å². The van der Waals surface area contributed by atoms with Crippen molar-refractivity contribution in [2.75, 3.05) is 6.61 Å². The molecule has 0 atom stereocenters. The van der Waals surface area contributed by atoms with Gasteiger partial charge < -0.3 is 10.5 Å². The van der Waals surface area contributed by atoms with Gasteiger partial charge in [-0.2, -0.15) is 0 Å². The summed E-state index contributed by atoms with van der Waals surface area (Å²) >= 11 is 0. The molecule has 3 heteroatoms. The fourth-order valence-electron chi connectivity index (χ4n) is 0.142. The molecule has 0 heterocycles. The van der Waals surface area contributed by atoms with Gasteiger partial charge in [-0.3, -0.25) is 0 Å². The third-order valence-corrected chi connectivity index (χ3v) is 0.453. The monoisotopic (exact) mass is 143 g/mol. The lowest BCUT2D eigenvalue weighted by Crippen LogP contribution is -2.11. The van der Waals surface area contributed by atoms with Gasteiger partial charge in [-0.05, 0) is 6.92 Å². The Hall–Kier alpha value is -1.25. The van der Waals surface area contributed by atoms with E-state index in [0.29, 0.717) is 6.61 Å². The molecule has 0 saturated heterocycles. The Morgan fingerprint density at radius 3 is 2.00 bits per heavy atom. The van der Waals surface area contributed by atoms with Crippen molar-refractivity contribution in [1.82, 2.24) is 0 Å². The summed E-state index contributed by atoms with van der Waals surface area (Å²) < 4.78 is 4.18. The number of rotatable bonds is 2. The highest BCUT2D eigenvalue weighted by Gasteiger charge is 1.82. The Morgan fingerprint density at radius 2 is 2.00 bits per heavy atom. The lowest BCUT2D eigenvalue weighted by Gasteiger charge is -1.89. The van der Waals surface area contributed by atoms with Crippen LogP contribution in [-0.2, 0) is 4.74 Å². The molecule has 0 fully saturated rings. The predicted molar refractivity (Wildman–Crippen MR) is 41.6 cm³/mol. The predicted octanol–water partition coefficient (Wildman–Crippen LogP) is 1.46. The number of hydrogen-bond donors (Lipinski definition) is 1. The molecule has 3 nitrogen and oxygen atoms in total. The van der Waals surface area contributed by atoms with Crippen LogP contribution < -0.4 is 5.73 Å². The number of ether oxygens (including phenoxy) is 1. The molecule has 0 aromatic heterocycles. The summed E-state index contributed by atoms with van der Waals surface area (Å²) in [4.78, 5) is 9.60. The Labute approximate surface area is 61.2 Å². The highest BCUT2D eigenvalue weighted by Crippen LogP contribution is 1.66. The first-order chi connectivity index (χ1) is 4.68. The molecule has 0 bridgehead atoms. The van der Waals surface area contributed by atoms with Crippen LogP contribution in [0.1, 0.15) is 6.92 Å². The summed E-state index contributed by atoms with van der Waals surface area (Å²) in [5.41, 5.74) is 4.54. The fourth-order valence-corrected chi connectivity index (χ4v) is 0.142. The van der Waals surface area contributed by atoms with E-state index in [1.807, 2.05) is 0 Å². The molecule has 0 aliphatic heterocycles. The summed E-state index contributed by atoms with van der Waals surface area (Å²) in [6.07, 6.45) is 2.57. The second-order valence-corrected chi connectivity index (χ2v) is 1.22. The van der Waals surface area contributed by atoms with Crippen LogP contribution in [0.4, 0.5) is 4.79 Å². The number of nitrogens with two attached hydrogens (primary N) is 1. The third kappa shape index (κ3) is 29.5. The molecule has 10 heavy (non-hydrogen) atoms. The molecule has 0 radical (unpaired) electrons. The van der Waals surface area contributed by atoms with Crippen molar-refractivity contribution in [3.63, 3.8) is 0 Å². The highest BCUT2D eigenvalue weighted by molar-refractivity contribution is 5.64. The third-order valence-electron chi connectivity index (χ3n) is 0.453. The number of carbonyl (C=O) groups is 1. The molecule has 0 aliphatic carbocycles. The first kappa shape index (κ1) is 11.5. The molecule has 0 spiro atoms. The summed E-state index contributed by atoms with van der Waals surface area (Å²) in [7, 11) is 0. The maximum Gasteiger partial charge on any atom is 0.404 e. The van der Waals surface area contributed by atoms with Gasteiger partial charge in [-0.1, -0.05) is 25.3 Å². The van der Waals surface area contributed by atoms with Crippen LogP contribution in [-0.4, -0.2) is 12.7 Å². The topological polar surface area (TPSA) is 52.3 Å². The van der Waals surface area contributed by atoms with Crippen molar-refractivity contribution < 1.29 is 9.53 Å². The van der Waals surface area contributed by atoms with Crippen molar-refractivity contribution in [2.45, 2.75) is 6.92 Å². The van der Waals surface area contributed by atoms with Gasteiger partial charge >= 0.3 is 6.09 Å². The highest BCUT2D eigenvalue weighted by atomic mass is 16.5. The number of hydrogen-bond acceptors (Lipinski definition) is 2. The summed E-state index contributed by atoms with van der Waals surface area (Å²) in [5, 5.41) is 0. The van der Waals surface area contributed by atoms with Crippen LogP contribution in [0.5, 0.6) is 0 Å². The molecule has 2 N–H and O–H groups in total. The van der Waals surface area contributed by atoms with Crippen molar-refractivity contribution >= 4 is 6.09 Å². The van der Waals surface area contributed by atoms with E-state index >= 15 is 0 Å². The van der Waals surface area contributed by atoms with Gasteiger partial charge in [0.1, 0.15) is 0 Å². The zero-order valence-corrected chi connectivity index (χ0v) is 6.17. The normalized spacial score (nSPS) is 6.50. The minimum Gasteiger partial charge on any atom is -0.450 e. The van der Waals surface area contributed by atoms with Gasteiger partial charge in [-0.15, -0.1) is 0 Å². The SMILES string of the molecule is C=CC=C.CCOC(N)=O. The minimum atomic E-state index is -0.711. The van der Waals surface area contributed by atoms with Gasteiger partial charge in [0.15, 0.2) is 0 Å². The molecule has 1 amide bonds. The second kappa shape index (κ2) is 10.7. The zero-order valence-electron chi connectivity index (χ0n) is 6.17. The van der Waals surface area contributed by atoms with Crippen LogP contribution in [0.15, 0.2) is 25.3 Å². The van der Waals surface area contributed by atoms with Crippen LogP contribution in [0.25, 0.3) is 0 Å². The molecule has 0 aromatic carbocycles. The molecule has 0 aromatic rings. The Balaban J connectivity index is 0. The molecule has 0 aliphatic rings. The maximum absolute atomic E-state index is 9.60. The number of amides is 1. The number of primary amides is 1. The van der Waals surface area contributed by atoms with Crippen LogP contribution in [0.3, 0.4) is 0 Å². The summed E-state index contributed by atoms with van der Waals surface area (Å²) in [6.45, 7) is 8.78. The van der Waals surface area contributed by atoms with Gasteiger partial charge in [0.25, 0.3) is 0 Å². The zero-order chi connectivity index (χ0) is 8.41. The minimum absolute atomic E-state index is 0.356. The van der Waals surface area contributed by atoms with Gasteiger partial charge in [0.2, 0.25) is 0 Å². The van der Waals surface area contributed by atoms with Gasteiger partial charge in [0, 0.05) is 0 Å². The molecular formula is C7H13NO2. The Morgan fingerprint density at radius 1 is 1.60 bits per heavy atom. The largest absolute Gasteiger partial charge is 0.450 e. The van der Waals surface area contributed by atoms with Crippen LogP contribution in [0, 0.1) is 0 Å². The van der Waals surface area contributed by atoms with Gasteiger partial charge in [0.05, 0.1) is 6.61 Å². The average Bonchev–Trinajstić information content (AvgIpc) is 1.89. The Bertz CT molecular complexity index is 104. The van der Waals surface area contributed by atoms with E-state index in [4.69, 9.17) is 0 Å². The molecule has 0 rings (SSSR count). The summed E-state index contributed by atoms with van der Waals surface area (Å²) in [5.74, 6) is 0. The smallest absolute Gasteiger partial charge is 0.404 e. The van der Waals surface area contributed by atoms with E-state index < -0.39 is 6.09 Å². The number of carbonyl (C=O) groups excluding carboxylic acids is 1.